The summed E-state index contributed by atoms with van der Waals surface area (Å²) in [4.78, 5) is 2.47. The SMILES string of the molecule is CC1(C)c2ccccc2-c2c(cc3c(ccc4ccccc43)c2N(c2ccccc2)c2ccc3c(c2)oc2ccccc23)C1(C)C. The molecule has 1 heterocycles. The Bertz CT molecular complexity index is 2480. The molecule has 0 fully saturated rings. The Labute approximate surface area is 269 Å². The van der Waals surface area contributed by atoms with Gasteiger partial charge in [0.25, 0.3) is 0 Å². The number of furan rings is 1. The van der Waals surface area contributed by atoms with Crippen LogP contribution in [-0.4, -0.2) is 0 Å². The van der Waals surface area contributed by atoms with Crippen LogP contribution in [0.5, 0.6) is 0 Å². The lowest BCUT2D eigenvalue weighted by molar-refractivity contribution is 0.299. The van der Waals surface area contributed by atoms with Gasteiger partial charge in [-0.15, -0.1) is 0 Å². The molecule has 0 unspecified atom stereocenters. The molecule has 2 heteroatoms. The molecule has 0 bridgehead atoms. The number of nitrogens with zero attached hydrogens (tertiary/aromatic N) is 1. The highest BCUT2D eigenvalue weighted by Crippen LogP contribution is 2.59. The Morgan fingerprint density at radius 2 is 1.11 bits per heavy atom. The van der Waals surface area contributed by atoms with E-state index in [9.17, 15) is 0 Å². The molecule has 1 aliphatic rings. The molecule has 7 aromatic carbocycles. The molecule has 0 saturated heterocycles. The number of para-hydroxylation sites is 2. The molecule has 1 aromatic heterocycles. The zero-order valence-corrected chi connectivity index (χ0v) is 26.6. The molecule has 0 radical (unpaired) electrons. The van der Waals surface area contributed by atoms with Crippen LogP contribution in [0.25, 0.3) is 54.6 Å². The van der Waals surface area contributed by atoms with E-state index < -0.39 is 0 Å². The van der Waals surface area contributed by atoms with Gasteiger partial charge in [-0.2, -0.15) is 0 Å². The number of hydrogen-bond donors (Lipinski definition) is 0. The van der Waals surface area contributed by atoms with Crippen molar-refractivity contribution in [3.05, 3.63) is 151 Å². The first-order chi connectivity index (χ1) is 22.3. The lowest BCUT2D eigenvalue weighted by Crippen LogP contribution is -2.43. The normalized spacial score (nSPS) is 14.9. The minimum Gasteiger partial charge on any atom is -0.456 e. The van der Waals surface area contributed by atoms with Crippen molar-refractivity contribution in [3.63, 3.8) is 0 Å². The fourth-order valence-electron chi connectivity index (χ4n) is 7.89. The molecule has 1 aliphatic carbocycles. The molecule has 2 nitrogen and oxygen atoms in total. The van der Waals surface area contributed by atoms with E-state index in [-0.39, 0.29) is 10.8 Å². The molecule has 0 atom stereocenters. The lowest BCUT2D eigenvalue weighted by atomic mass is 9.55. The minimum absolute atomic E-state index is 0.0864. The van der Waals surface area contributed by atoms with Gasteiger partial charge in [-0.1, -0.05) is 125 Å². The van der Waals surface area contributed by atoms with Crippen molar-refractivity contribution in [1.82, 2.24) is 0 Å². The van der Waals surface area contributed by atoms with Crippen LogP contribution in [-0.2, 0) is 10.8 Å². The van der Waals surface area contributed by atoms with Crippen molar-refractivity contribution in [1.29, 1.82) is 0 Å². The summed E-state index contributed by atoms with van der Waals surface area (Å²) in [6.45, 7) is 9.67. The predicted octanol–water partition coefficient (Wildman–Crippen LogP) is 12.6. The second-order valence-corrected chi connectivity index (χ2v) is 13.8. The van der Waals surface area contributed by atoms with Crippen molar-refractivity contribution in [2.45, 2.75) is 38.5 Å². The van der Waals surface area contributed by atoms with Gasteiger partial charge in [-0.25, -0.2) is 0 Å². The summed E-state index contributed by atoms with van der Waals surface area (Å²) < 4.78 is 6.46. The van der Waals surface area contributed by atoms with Crippen LogP contribution in [0.3, 0.4) is 0 Å². The lowest BCUT2D eigenvalue weighted by Gasteiger charge is -2.49. The van der Waals surface area contributed by atoms with Crippen LogP contribution < -0.4 is 4.90 Å². The molecule has 0 spiro atoms. The van der Waals surface area contributed by atoms with Gasteiger partial charge in [0.15, 0.2) is 0 Å². The van der Waals surface area contributed by atoms with Gasteiger partial charge >= 0.3 is 0 Å². The zero-order chi connectivity index (χ0) is 31.2. The van der Waals surface area contributed by atoms with Crippen molar-refractivity contribution in [2.75, 3.05) is 4.90 Å². The smallest absolute Gasteiger partial charge is 0.137 e. The average molecular weight is 594 g/mol. The van der Waals surface area contributed by atoms with Crippen LogP contribution in [0.2, 0.25) is 0 Å². The van der Waals surface area contributed by atoms with Crippen LogP contribution in [0.4, 0.5) is 17.1 Å². The maximum Gasteiger partial charge on any atom is 0.137 e. The van der Waals surface area contributed by atoms with Gasteiger partial charge in [0.2, 0.25) is 0 Å². The largest absolute Gasteiger partial charge is 0.456 e. The fraction of sp³-hybridized carbons (Fsp3) is 0.136. The Hall–Kier alpha value is -5.34. The Kier molecular flexibility index (Phi) is 5.63. The monoisotopic (exact) mass is 593 g/mol. The molecule has 9 rings (SSSR count). The molecule has 0 N–H and O–H groups in total. The van der Waals surface area contributed by atoms with Crippen molar-refractivity contribution in [3.8, 4) is 11.1 Å². The Balaban J connectivity index is 1.47. The third-order valence-corrected chi connectivity index (χ3v) is 11.0. The first-order valence-electron chi connectivity index (χ1n) is 16.2. The van der Waals surface area contributed by atoms with Gasteiger partial charge in [0.05, 0.1) is 5.69 Å². The van der Waals surface area contributed by atoms with Crippen molar-refractivity contribution in [2.24, 2.45) is 0 Å². The number of anilines is 3. The van der Waals surface area contributed by atoms with Crippen LogP contribution in [0.1, 0.15) is 38.8 Å². The summed E-state index contributed by atoms with van der Waals surface area (Å²) >= 11 is 0. The fourth-order valence-corrected chi connectivity index (χ4v) is 7.89. The molecular weight excluding hydrogens is 558 g/mol. The summed E-state index contributed by atoms with van der Waals surface area (Å²) in [6.07, 6.45) is 0. The average Bonchev–Trinajstić information content (AvgIpc) is 3.46. The highest BCUT2D eigenvalue weighted by atomic mass is 16.3. The number of hydrogen-bond acceptors (Lipinski definition) is 2. The number of rotatable bonds is 3. The molecular formula is C44H35NO. The quantitative estimate of drug-likeness (QED) is 0.189. The first-order valence-corrected chi connectivity index (χ1v) is 16.2. The summed E-state index contributed by atoms with van der Waals surface area (Å²) in [5.74, 6) is 0. The highest BCUT2D eigenvalue weighted by molar-refractivity contribution is 6.17. The zero-order valence-electron chi connectivity index (χ0n) is 26.6. The maximum atomic E-state index is 6.46. The van der Waals surface area contributed by atoms with E-state index >= 15 is 0 Å². The first kappa shape index (κ1) is 27.0. The third kappa shape index (κ3) is 3.64. The second-order valence-electron chi connectivity index (χ2n) is 13.8. The van der Waals surface area contributed by atoms with Gasteiger partial charge in [0.1, 0.15) is 11.2 Å². The van der Waals surface area contributed by atoms with E-state index in [1.807, 2.05) is 6.07 Å². The van der Waals surface area contributed by atoms with Crippen molar-refractivity contribution < 1.29 is 4.42 Å². The summed E-state index contributed by atoms with van der Waals surface area (Å²) in [5.41, 5.74) is 10.3. The standard InChI is InChI=1S/C44H35NO/c1-43(2)37-20-12-10-19-35(37)41-38(44(43,3)4)27-36-31-17-9-8-14-28(31)22-24-34(36)42(41)45(29-15-6-5-7-16-29)30-23-25-33-32-18-11-13-21-39(32)46-40(33)26-30/h5-27H,1-4H3. The molecule has 0 aliphatic heterocycles. The molecule has 46 heavy (non-hydrogen) atoms. The summed E-state index contributed by atoms with van der Waals surface area (Å²) in [6, 6.07) is 50.8. The minimum atomic E-state index is -0.151. The molecule has 222 valence electrons. The van der Waals surface area contributed by atoms with E-state index in [1.165, 1.54) is 49.5 Å². The van der Waals surface area contributed by atoms with Gasteiger partial charge in [-0.3, -0.25) is 0 Å². The topological polar surface area (TPSA) is 16.4 Å². The molecule has 0 amide bonds. The van der Waals surface area contributed by atoms with Gasteiger partial charge in [-0.05, 0) is 80.1 Å². The number of fused-ring (bicyclic) bond motifs is 9. The van der Waals surface area contributed by atoms with Crippen LogP contribution in [0.15, 0.2) is 144 Å². The predicted molar refractivity (Wildman–Crippen MR) is 195 cm³/mol. The van der Waals surface area contributed by atoms with E-state index in [2.05, 4.69) is 166 Å². The molecule has 8 aromatic rings. The third-order valence-electron chi connectivity index (χ3n) is 11.0. The van der Waals surface area contributed by atoms with Gasteiger partial charge < -0.3 is 9.32 Å². The number of benzene rings is 7. The Morgan fingerprint density at radius 3 is 1.96 bits per heavy atom. The van der Waals surface area contributed by atoms with E-state index in [1.54, 1.807) is 0 Å². The van der Waals surface area contributed by atoms with Gasteiger partial charge in [0, 0.05) is 39.2 Å². The summed E-state index contributed by atoms with van der Waals surface area (Å²) in [7, 11) is 0. The van der Waals surface area contributed by atoms with Crippen molar-refractivity contribution >= 4 is 60.5 Å². The maximum absolute atomic E-state index is 6.46. The van der Waals surface area contributed by atoms with E-state index in [0.29, 0.717) is 0 Å². The summed E-state index contributed by atoms with van der Waals surface area (Å²) in [5, 5.41) is 7.31. The van der Waals surface area contributed by atoms with Crippen LogP contribution >= 0.6 is 0 Å². The highest BCUT2D eigenvalue weighted by Gasteiger charge is 2.47. The van der Waals surface area contributed by atoms with E-state index in [0.717, 1.165) is 33.3 Å². The second kappa shape index (κ2) is 9.58. The Morgan fingerprint density at radius 1 is 0.457 bits per heavy atom. The van der Waals surface area contributed by atoms with Crippen LogP contribution in [0, 0.1) is 0 Å². The molecule has 0 saturated carbocycles. The van der Waals surface area contributed by atoms with E-state index in [4.69, 9.17) is 4.42 Å².